The molecule has 5 heteroatoms. The molecule has 1 aromatic carbocycles. The van der Waals surface area contributed by atoms with Gasteiger partial charge in [-0.3, -0.25) is 0 Å². The van der Waals surface area contributed by atoms with E-state index in [9.17, 15) is 8.42 Å². The number of nitrogens with one attached hydrogen (secondary N) is 1. The molecule has 0 fully saturated rings. The summed E-state index contributed by atoms with van der Waals surface area (Å²) in [6, 6.07) is 6.30. The number of aromatic amines is 1. The third-order valence-corrected chi connectivity index (χ3v) is 5.97. The van der Waals surface area contributed by atoms with E-state index in [-0.39, 0.29) is 5.75 Å². The van der Waals surface area contributed by atoms with Crippen LogP contribution in [0, 0.1) is 6.92 Å². The van der Waals surface area contributed by atoms with E-state index in [0.29, 0.717) is 19.5 Å². The van der Waals surface area contributed by atoms with Crippen LogP contribution >= 0.6 is 0 Å². The minimum Gasteiger partial charge on any atom is -0.358 e. The molecule has 0 atom stereocenters. The molecule has 20 heavy (non-hydrogen) atoms. The number of H-pyrrole nitrogens is 1. The zero-order valence-electron chi connectivity index (χ0n) is 11.9. The van der Waals surface area contributed by atoms with Crippen molar-refractivity contribution in [2.24, 2.45) is 0 Å². The maximum Gasteiger partial charge on any atom is 0.214 e. The Hall–Kier alpha value is -1.33. The smallest absolute Gasteiger partial charge is 0.214 e. The number of hydrogen-bond donors (Lipinski definition) is 1. The second-order valence-electron chi connectivity index (χ2n) is 5.53. The summed E-state index contributed by atoms with van der Waals surface area (Å²) in [5.74, 6) is 0.240. The predicted molar refractivity (Wildman–Crippen MR) is 81.2 cm³/mol. The van der Waals surface area contributed by atoms with Crippen molar-refractivity contribution >= 4 is 20.9 Å². The average molecular weight is 292 g/mol. The van der Waals surface area contributed by atoms with Crippen molar-refractivity contribution in [2.45, 2.75) is 33.2 Å². The summed E-state index contributed by atoms with van der Waals surface area (Å²) in [6.45, 7) is 5.05. The van der Waals surface area contributed by atoms with E-state index in [1.807, 2.05) is 6.92 Å². The number of hydrogen-bond acceptors (Lipinski definition) is 2. The van der Waals surface area contributed by atoms with Gasteiger partial charge in [0, 0.05) is 36.1 Å². The molecule has 0 spiro atoms. The lowest BCUT2D eigenvalue weighted by atomic mass is 10.0. The zero-order chi connectivity index (χ0) is 14.3. The van der Waals surface area contributed by atoms with Gasteiger partial charge in [-0.25, -0.2) is 8.42 Å². The van der Waals surface area contributed by atoms with Crippen LogP contribution in [0.25, 0.3) is 10.9 Å². The molecule has 0 unspecified atom stereocenters. The van der Waals surface area contributed by atoms with E-state index in [1.165, 1.54) is 11.3 Å². The van der Waals surface area contributed by atoms with Gasteiger partial charge in [-0.15, -0.1) is 0 Å². The first-order valence-corrected chi connectivity index (χ1v) is 8.70. The Morgan fingerprint density at radius 3 is 2.90 bits per heavy atom. The van der Waals surface area contributed by atoms with Crippen molar-refractivity contribution in [1.82, 2.24) is 9.29 Å². The first-order chi connectivity index (χ1) is 9.51. The lowest BCUT2D eigenvalue weighted by molar-refractivity contribution is 0.391. The van der Waals surface area contributed by atoms with Gasteiger partial charge in [0.25, 0.3) is 0 Å². The first kappa shape index (κ1) is 13.6. The lowest BCUT2D eigenvalue weighted by Crippen LogP contribution is -2.37. The molecule has 3 rings (SSSR count). The molecule has 4 nitrogen and oxygen atoms in total. The van der Waals surface area contributed by atoms with Crippen LogP contribution in [0.1, 0.15) is 30.2 Å². The van der Waals surface area contributed by atoms with Crippen molar-refractivity contribution in [3.8, 4) is 0 Å². The van der Waals surface area contributed by atoms with Crippen LogP contribution in [0.15, 0.2) is 18.2 Å². The van der Waals surface area contributed by atoms with Crippen LogP contribution in [-0.2, 0) is 23.0 Å². The predicted octanol–water partition coefficient (Wildman–Crippen LogP) is 2.57. The highest BCUT2D eigenvalue weighted by Gasteiger charge is 2.28. The third-order valence-electron chi connectivity index (χ3n) is 3.95. The Morgan fingerprint density at radius 1 is 1.35 bits per heavy atom. The van der Waals surface area contributed by atoms with Crippen LogP contribution in [0.3, 0.4) is 0 Å². The second-order valence-corrected chi connectivity index (χ2v) is 7.62. The van der Waals surface area contributed by atoms with Gasteiger partial charge in [0.1, 0.15) is 0 Å². The Morgan fingerprint density at radius 2 is 2.15 bits per heavy atom. The third kappa shape index (κ3) is 2.25. The molecule has 2 aromatic rings. The summed E-state index contributed by atoms with van der Waals surface area (Å²) in [4.78, 5) is 3.43. The van der Waals surface area contributed by atoms with Gasteiger partial charge in [-0.1, -0.05) is 18.6 Å². The summed E-state index contributed by atoms with van der Waals surface area (Å²) >= 11 is 0. The van der Waals surface area contributed by atoms with Crippen LogP contribution in [0.2, 0.25) is 0 Å². The van der Waals surface area contributed by atoms with Gasteiger partial charge in [0.05, 0.1) is 5.75 Å². The molecule has 108 valence electrons. The largest absolute Gasteiger partial charge is 0.358 e. The highest BCUT2D eigenvalue weighted by atomic mass is 32.2. The number of rotatable bonds is 3. The SMILES string of the molecule is CCCS(=O)(=O)N1CCc2[nH]c3ccc(C)cc3c2C1. The highest BCUT2D eigenvalue weighted by molar-refractivity contribution is 7.89. The van der Waals surface area contributed by atoms with Gasteiger partial charge in [-0.2, -0.15) is 4.31 Å². The molecule has 0 bridgehead atoms. The van der Waals surface area contributed by atoms with Crippen molar-refractivity contribution in [3.63, 3.8) is 0 Å². The van der Waals surface area contributed by atoms with Gasteiger partial charge in [-0.05, 0) is 31.0 Å². The molecule has 0 saturated carbocycles. The number of aryl methyl sites for hydroxylation is 1. The second kappa shape index (κ2) is 4.90. The van der Waals surface area contributed by atoms with Gasteiger partial charge in [0.15, 0.2) is 0 Å². The van der Waals surface area contributed by atoms with E-state index in [0.717, 1.165) is 22.9 Å². The summed E-state index contributed by atoms with van der Waals surface area (Å²) in [5, 5.41) is 1.16. The minimum absolute atomic E-state index is 0.240. The average Bonchev–Trinajstić information content (AvgIpc) is 2.76. The Kier molecular flexibility index (Phi) is 3.34. The number of sulfonamides is 1. The number of nitrogens with zero attached hydrogens (tertiary/aromatic N) is 1. The number of benzene rings is 1. The molecule has 1 aromatic heterocycles. The summed E-state index contributed by atoms with van der Waals surface area (Å²) in [5.41, 5.74) is 4.64. The van der Waals surface area contributed by atoms with Gasteiger partial charge in [0.2, 0.25) is 10.0 Å². The van der Waals surface area contributed by atoms with Gasteiger partial charge >= 0.3 is 0 Å². The van der Waals surface area contributed by atoms with Crippen molar-refractivity contribution in [1.29, 1.82) is 0 Å². The number of fused-ring (bicyclic) bond motifs is 3. The van der Waals surface area contributed by atoms with Crippen LogP contribution < -0.4 is 0 Å². The van der Waals surface area contributed by atoms with Crippen molar-refractivity contribution in [2.75, 3.05) is 12.3 Å². The van der Waals surface area contributed by atoms with E-state index in [1.54, 1.807) is 4.31 Å². The Balaban J connectivity index is 2.02. The molecule has 1 aliphatic heterocycles. The highest BCUT2D eigenvalue weighted by Crippen LogP contribution is 2.29. The molecule has 0 radical (unpaired) electrons. The van der Waals surface area contributed by atoms with Crippen LogP contribution in [0.4, 0.5) is 0 Å². The summed E-state index contributed by atoms with van der Waals surface area (Å²) in [7, 11) is -3.11. The van der Waals surface area contributed by atoms with E-state index < -0.39 is 10.0 Å². The standard InChI is InChI=1S/C15H20N2O2S/c1-3-8-20(18,19)17-7-6-15-13(10-17)12-9-11(2)4-5-14(12)16-15/h4-5,9,16H,3,6-8,10H2,1-2H3. The van der Waals surface area contributed by atoms with Crippen molar-refractivity contribution in [3.05, 3.63) is 35.0 Å². The molecule has 2 heterocycles. The Labute approximate surface area is 119 Å². The Bertz CT molecular complexity index is 747. The molecule has 0 saturated heterocycles. The topological polar surface area (TPSA) is 53.2 Å². The fraction of sp³-hybridized carbons (Fsp3) is 0.467. The molecule has 0 aliphatic carbocycles. The quantitative estimate of drug-likeness (QED) is 0.945. The molecular formula is C15H20N2O2S. The lowest BCUT2D eigenvalue weighted by Gasteiger charge is -2.26. The maximum absolute atomic E-state index is 12.2. The van der Waals surface area contributed by atoms with E-state index >= 15 is 0 Å². The maximum atomic E-state index is 12.2. The monoisotopic (exact) mass is 292 g/mol. The van der Waals surface area contributed by atoms with Crippen molar-refractivity contribution < 1.29 is 8.42 Å². The summed E-state index contributed by atoms with van der Waals surface area (Å²) in [6.07, 6.45) is 1.44. The van der Waals surface area contributed by atoms with E-state index in [4.69, 9.17) is 0 Å². The molecule has 1 N–H and O–H groups in total. The fourth-order valence-corrected chi connectivity index (χ4v) is 4.40. The first-order valence-electron chi connectivity index (χ1n) is 7.09. The van der Waals surface area contributed by atoms with Crippen LogP contribution in [-0.4, -0.2) is 30.0 Å². The summed E-state index contributed by atoms with van der Waals surface area (Å²) < 4.78 is 26.1. The fourth-order valence-electron chi connectivity index (χ4n) is 2.93. The normalized spacial score (nSPS) is 16.5. The molecule has 0 amide bonds. The zero-order valence-corrected chi connectivity index (χ0v) is 12.8. The van der Waals surface area contributed by atoms with Gasteiger partial charge < -0.3 is 4.98 Å². The van der Waals surface area contributed by atoms with E-state index in [2.05, 4.69) is 30.1 Å². The molecular weight excluding hydrogens is 272 g/mol. The number of aromatic nitrogens is 1. The minimum atomic E-state index is -3.11. The van der Waals surface area contributed by atoms with Crippen LogP contribution in [0.5, 0.6) is 0 Å². The molecule has 1 aliphatic rings.